The molecule has 1 rings (SSSR count). The molecule has 0 radical (unpaired) electrons. The third-order valence-electron chi connectivity index (χ3n) is 2.57. The first-order valence-corrected chi connectivity index (χ1v) is 7.75. The van der Waals surface area contributed by atoms with Gasteiger partial charge >= 0.3 is 0 Å². The highest BCUT2D eigenvalue weighted by Gasteiger charge is 2.20. The number of sulfonamides is 1. The first-order chi connectivity index (χ1) is 7.90. The topological polar surface area (TPSA) is 72.2 Å². The van der Waals surface area contributed by atoms with E-state index < -0.39 is 10.0 Å². The van der Waals surface area contributed by atoms with Crippen molar-refractivity contribution in [3.05, 3.63) is 22.7 Å². The van der Waals surface area contributed by atoms with Crippen molar-refractivity contribution in [1.29, 1.82) is 0 Å². The Bertz CT molecular complexity index is 484. The van der Waals surface area contributed by atoms with E-state index in [4.69, 9.17) is 5.73 Å². The Kier molecular flexibility index (Phi) is 4.97. The minimum atomic E-state index is -3.54. The molecule has 0 unspecified atom stereocenters. The summed E-state index contributed by atoms with van der Waals surface area (Å²) in [6.45, 7) is 3.89. The van der Waals surface area contributed by atoms with E-state index in [1.165, 1.54) is 6.07 Å². The van der Waals surface area contributed by atoms with Crippen LogP contribution in [0.4, 0.5) is 5.69 Å². The summed E-state index contributed by atoms with van der Waals surface area (Å²) in [6.07, 6.45) is 1.51. The van der Waals surface area contributed by atoms with Gasteiger partial charge in [0.1, 0.15) is 4.90 Å². The van der Waals surface area contributed by atoms with Gasteiger partial charge in [0.25, 0.3) is 0 Å². The third-order valence-corrected chi connectivity index (χ3v) is 4.64. The number of hydrogen-bond acceptors (Lipinski definition) is 3. The van der Waals surface area contributed by atoms with Crippen LogP contribution in [0.5, 0.6) is 0 Å². The maximum Gasteiger partial charge on any atom is 0.242 e. The molecular formula is C11H17BrN2O2S. The predicted octanol–water partition coefficient (Wildman–Crippen LogP) is 2.50. The zero-order valence-corrected chi connectivity index (χ0v) is 12.3. The van der Waals surface area contributed by atoms with Gasteiger partial charge in [0, 0.05) is 10.5 Å². The van der Waals surface area contributed by atoms with E-state index in [9.17, 15) is 8.42 Å². The van der Waals surface area contributed by atoms with Crippen molar-refractivity contribution >= 4 is 31.6 Å². The minimum Gasteiger partial charge on any atom is -0.398 e. The third kappa shape index (κ3) is 3.69. The van der Waals surface area contributed by atoms with Gasteiger partial charge in [-0.15, -0.1) is 0 Å². The normalized spacial score (nSPS) is 12.0. The largest absolute Gasteiger partial charge is 0.398 e. The molecule has 0 amide bonds. The van der Waals surface area contributed by atoms with Gasteiger partial charge in [-0.3, -0.25) is 0 Å². The zero-order valence-electron chi connectivity index (χ0n) is 9.90. The van der Waals surface area contributed by atoms with Crippen LogP contribution in [0, 0.1) is 0 Å². The van der Waals surface area contributed by atoms with Gasteiger partial charge in [-0.05, 0) is 31.0 Å². The molecule has 0 aliphatic heterocycles. The molecule has 0 heterocycles. The minimum absolute atomic E-state index is 0.0571. The first kappa shape index (κ1) is 14.5. The number of nitrogens with one attached hydrogen (secondary N) is 1. The van der Waals surface area contributed by atoms with Crippen molar-refractivity contribution in [2.45, 2.75) is 37.6 Å². The number of nitrogens with two attached hydrogens (primary N) is 1. The average molecular weight is 321 g/mol. The number of halogens is 1. The van der Waals surface area contributed by atoms with E-state index in [1.807, 2.05) is 13.8 Å². The van der Waals surface area contributed by atoms with Crippen molar-refractivity contribution in [3.63, 3.8) is 0 Å². The molecule has 4 nitrogen and oxygen atoms in total. The van der Waals surface area contributed by atoms with Crippen LogP contribution in [0.25, 0.3) is 0 Å². The molecule has 96 valence electrons. The average Bonchev–Trinajstić information content (AvgIpc) is 2.29. The molecule has 0 atom stereocenters. The SMILES string of the molecule is CCC(CC)NS(=O)(=O)c1cc(Br)ccc1N. The molecule has 17 heavy (non-hydrogen) atoms. The fraction of sp³-hybridized carbons (Fsp3) is 0.455. The lowest BCUT2D eigenvalue weighted by Crippen LogP contribution is -2.34. The number of rotatable bonds is 5. The van der Waals surface area contributed by atoms with Crippen LogP contribution in [0.3, 0.4) is 0 Å². The monoisotopic (exact) mass is 320 g/mol. The maximum absolute atomic E-state index is 12.1. The Morgan fingerprint density at radius 1 is 1.35 bits per heavy atom. The summed E-state index contributed by atoms with van der Waals surface area (Å²) in [6, 6.07) is 4.75. The summed E-state index contributed by atoms with van der Waals surface area (Å²) in [4.78, 5) is 0.124. The van der Waals surface area contributed by atoms with Gasteiger partial charge in [-0.25, -0.2) is 13.1 Å². The van der Waals surface area contributed by atoms with E-state index in [1.54, 1.807) is 12.1 Å². The quantitative estimate of drug-likeness (QED) is 0.819. The highest BCUT2D eigenvalue weighted by atomic mass is 79.9. The van der Waals surface area contributed by atoms with E-state index in [-0.39, 0.29) is 16.6 Å². The number of benzene rings is 1. The van der Waals surface area contributed by atoms with Crippen molar-refractivity contribution < 1.29 is 8.42 Å². The second-order valence-electron chi connectivity index (χ2n) is 3.82. The molecule has 0 aliphatic rings. The standard InChI is InChI=1S/C11H17BrN2O2S/c1-3-9(4-2)14-17(15,16)11-7-8(12)5-6-10(11)13/h5-7,9,14H,3-4,13H2,1-2H3. The molecule has 0 fully saturated rings. The molecule has 0 saturated carbocycles. The summed E-state index contributed by atoms with van der Waals surface area (Å²) >= 11 is 3.24. The van der Waals surface area contributed by atoms with E-state index in [0.29, 0.717) is 4.47 Å². The van der Waals surface area contributed by atoms with Gasteiger partial charge in [0.05, 0.1) is 5.69 Å². The summed E-state index contributed by atoms with van der Waals surface area (Å²) in [5, 5.41) is 0. The Balaban J connectivity index is 3.09. The fourth-order valence-corrected chi connectivity index (χ4v) is 3.55. The number of anilines is 1. The lowest BCUT2D eigenvalue weighted by Gasteiger charge is -2.16. The van der Waals surface area contributed by atoms with Crippen molar-refractivity contribution in [2.24, 2.45) is 0 Å². The molecule has 0 saturated heterocycles. The first-order valence-electron chi connectivity index (χ1n) is 5.48. The highest BCUT2D eigenvalue weighted by Crippen LogP contribution is 2.23. The Morgan fingerprint density at radius 3 is 2.47 bits per heavy atom. The molecule has 6 heteroatoms. The molecule has 0 aromatic heterocycles. The summed E-state index contributed by atoms with van der Waals surface area (Å²) < 4.78 is 27.6. The van der Waals surface area contributed by atoms with E-state index >= 15 is 0 Å². The molecule has 3 N–H and O–H groups in total. The summed E-state index contributed by atoms with van der Waals surface area (Å²) in [7, 11) is -3.54. The maximum atomic E-state index is 12.1. The highest BCUT2D eigenvalue weighted by molar-refractivity contribution is 9.10. The molecule has 0 spiro atoms. The van der Waals surface area contributed by atoms with Gasteiger partial charge < -0.3 is 5.73 Å². The Hall–Kier alpha value is -0.590. The van der Waals surface area contributed by atoms with Crippen LogP contribution < -0.4 is 10.5 Å². The molecule has 0 aliphatic carbocycles. The summed E-state index contributed by atoms with van der Waals surface area (Å²) in [5.74, 6) is 0. The van der Waals surface area contributed by atoms with Crippen LogP contribution in [0.2, 0.25) is 0 Å². The lowest BCUT2D eigenvalue weighted by molar-refractivity contribution is 0.530. The number of nitrogen functional groups attached to an aromatic ring is 1. The van der Waals surface area contributed by atoms with Gasteiger partial charge in [-0.1, -0.05) is 29.8 Å². The summed E-state index contributed by atoms with van der Waals surface area (Å²) in [5.41, 5.74) is 5.95. The van der Waals surface area contributed by atoms with Crippen LogP contribution in [-0.4, -0.2) is 14.5 Å². The van der Waals surface area contributed by atoms with Crippen molar-refractivity contribution in [1.82, 2.24) is 4.72 Å². The van der Waals surface area contributed by atoms with Gasteiger partial charge in [0.2, 0.25) is 10.0 Å². The Labute approximate surface area is 111 Å². The predicted molar refractivity (Wildman–Crippen MR) is 73.2 cm³/mol. The van der Waals surface area contributed by atoms with Gasteiger partial charge in [0.15, 0.2) is 0 Å². The number of hydrogen-bond donors (Lipinski definition) is 2. The van der Waals surface area contributed by atoms with E-state index in [0.717, 1.165) is 12.8 Å². The smallest absolute Gasteiger partial charge is 0.242 e. The van der Waals surface area contributed by atoms with Crippen LogP contribution in [0.15, 0.2) is 27.6 Å². The molecule has 1 aromatic rings. The zero-order chi connectivity index (χ0) is 13.1. The van der Waals surface area contributed by atoms with Crippen LogP contribution in [0.1, 0.15) is 26.7 Å². The van der Waals surface area contributed by atoms with Crippen LogP contribution >= 0.6 is 15.9 Å². The second kappa shape index (κ2) is 5.84. The second-order valence-corrected chi connectivity index (χ2v) is 6.41. The van der Waals surface area contributed by atoms with Crippen molar-refractivity contribution in [2.75, 3.05) is 5.73 Å². The molecular weight excluding hydrogens is 304 g/mol. The van der Waals surface area contributed by atoms with E-state index in [2.05, 4.69) is 20.7 Å². The molecule has 1 aromatic carbocycles. The lowest BCUT2D eigenvalue weighted by atomic mass is 10.2. The van der Waals surface area contributed by atoms with Gasteiger partial charge in [-0.2, -0.15) is 0 Å². The fourth-order valence-electron chi connectivity index (χ4n) is 1.48. The van der Waals surface area contributed by atoms with Crippen LogP contribution in [-0.2, 0) is 10.0 Å². The Morgan fingerprint density at radius 2 is 1.94 bits per heavy atom. The molecule has 0 bridgehead atoms. The van der Waals surface area contributed by atoms with Crippen molar-refractivity contribution in [3.8, 4) is 0 Å².